The molecule has 0 radical (unpaired) electrons. The van der Waals surface area contributed by atoms with E-state index < -0.39 is 0 Å². The molecule has 1 rings (SSSR count). The van der Waals surface area contributed by atoms with E-state index in [2.05, 4.69) is 18.5 Å². The first-order valence-electron chi connectivity index (χ1n) is 5.13. The van der Waals surface area contributed by atoms with Gasteiger partial charge in [-0.3, -0.25) is 4.98 Å². The highest BCUT2D eigenvalue weighted by Gasteiger charge is 2.13. The number of rotatable bonds is 5. The summed E-state index contributed by atoms with van der Waals surface area (Å²) in [5.41, 5.74) is 1.13. The molecule has 0 aliphatic carbocycles. The number of pyridine rings is 1. The summed E-state index contributed by atoms with van der Waals surface area (Å²) in [5, 5.41) is 1.79. The Morgan fingerprint density at radius 3 is 2.93 bits per heavy atom. The van der Waals surface area contributed by atoms with Crippen LogP contribution in [0.1, 0.15) is 31.9 Å². The van der Waals surface area contributed by atoms with E-state index in [4.69, 9.17) is 4.84 Å². The highest BCUT2D eigenvalue weighted by molar-refractivity contribution is 5.12. The molecular weight excluding hydrogens is 188 g/mol. The Kier molecular flexibility index (Phi) is 4.31. The normalized spacial score (nSPS) is 12.5. The molecule has 3 heteroatoms. The molecule has 0 saturated carbocycles. The van der Waals surface area contributed by atoms with E-state index in [-0.39, 0.29) is 6.04 Å². The maximum Gasteiger partial charge on any atom is 0.117 e. The van der Waals surface area contributed by atoms with Gasteiger partial charge in [0.15, 0.2) is 0 Å². The molecule has 82 valence electrons. The molecule has 0 aromatic carbocycles. The third-order valence-corrected chi connectivity index (χ3v) is 2.38. The molecule has 0 amide bonds. The van der Waals surface area contributed by atoms with Crippen molar-refractivity contribution in [3.63, 3.8) is 0 Å². The summed E-state index contributed by atoms with van der Waals surface area (Å²) in [6.45, 7) is 7.90. The SMILES string of the molecule is C=C(CC)ON(C)C(C)c1cccnc1. The predicted molar refractivity (Wildman–Crippen MR) is 60.9 cm³/mol. The number of hydrogen-bond donors (Lipinski definition) is 0. The monoisotopic (exact) mass is 206 g/mol. The Balaban J connectivity index is 2.61. The number of hydroxylamine groups is 2. The Labute approximate surface area is 91.3 Å². The van der Waals surface area contributed by atoms with Gasteiger partial charge in [0.05, 0.1) is 6.04 Å². The van der Waals surface area contributed by atoms with Gasteiger partial charge in [-0.15, -0.1) is 5.06 Å². The second-order valence-electron chi connectivity index (χ2n) is 3.49. The average molecular weight is 206 g/mol. The van der Waals surface area contributed by atoms with Gasteiger partial charge in [0.2, 0.25) is 0 Å². The maximum atomic E-state index is 5.53. The second-order valence-corrected chi connectivity index (χ2v) is 3.49. The highest BCUT2D eigenvalue weighted by atomic mass is 16.7. The predicted octanol–water partition coefficient (Wildman–Crippen LogP) is 2.93. The van der Waals surface area contributed by atoms with Gasteiger partial charge in [0, 0.05) is 25.9 Å². The van der Waals surface area contributed by atoms with E-state index >= 15 is 0 Å². The van der Waals surface area contributed by atoms with Crippen molar-refractivity contribution < 1.29 is 4.84 Å². The van der Waals surface area contributed by atoms with Crippen LogP contribution in [-0.2, 0) is 4.84 Å². The number of aromatic nitrogens is 1. The lowest BCUT2D eigenvalue weighted by Crippen LogP contribution is -2.22. The van der Waals surface area contributed by atoms with Crippen LogP contribution in [0, 0.1) is 0 Å². The summed E-state index contributed by atoms with van der Waals surface area (Å²) in [7, 11) is 1.90. The molecule has 1 unspecified atom stereocenters. The fraction of sp³-hybridized carbons (Fsp3) is 0.417. The molecule has 0 saturated heterocycles. The van der Waals surface area contributed by atoms with Crippen molar-refractivity contribution >= 4 is 0 Å². The average Bonchev–Trinajstić information content (AvgIpc) is 2.29. The van der Waals surface area contributed by atoms with Gasteiger partial charge in [-0.25, -0.2) is 0 Å². The minimum atomic E-state index is 0.169. The first-order chi connectivity index (χ1) is 7.15. The smallest absolute Gasteiger partial charge is 0.117 e. The van der Waals surface area contributed by atoms with E-state index in [0.717, 1.165) is 17.7 Å². The van der Waals surface area contributed by atoms with E-state index in [0.29, 0.717) is 0 Å². The molecule has 15 heavy (non-hydrogen) atoms. The summed E-state index contributed by atoms with van der Waals surface area (Å²) < 4.78 is 0. The van der Waals surface area contributed by atoms with Crippen LogP contribution in [0.2, 0.25) is 0 Å². The lowest BCUT2D eigenvalue weighted by molar-refractivity contribution is -0.128. The zero-order valence-corrected chi connectivity index (χ0v) is 9.60. The summed E-state index contributed by atoms with van der Waals surface area (Å²) in [6.07, 6.45) is 4.44. The molecule has 0 spiro atoms. The van der Waals surface area contributed by atoms with Gasteiger partial charge in [0.25, 0.3) is 0 Å². The molecule has 0 aliphatic rings. The minimum absolute atomic E-state index is 0.169. The van der Waals surface area contributed by atoms with Crippen LogP contribution in [-0.4, -0.2) is 17.1 Å². The van der Waals surface area contributed by atoms with E-state index in [1.54, 1.807) is 11.3 Å². The minimum Gasteiger partial charge on any atom is -0.411 e. The lowest BCUT2D eigenvalue weighted by atomic mass is 10.1. The Hall–Kier alpha value is -1.35. The molecule has 1 aromatic rings. The van der Waals surface area contributed by atoms with Crippen molar-refractivity contribution in [2.75, 3.05) is 7.05 Å². The van der Waals surface area contributed by atoms with Gasteiger partial charge >= 0.3 is 0 Å². The van der Waals surface area contributed by atoms with Gasteiger partial charge in [0.1, 0.15) is 5.76 Å². The van der Waals surface area contributed by atoms with Crippen LogP contribution in [0.5, 0.6) is 0 Å². The zero-order chi connectivity index (χ0) is 11.3. The first kappa shape index (κ1) is 11.7. The fourth-order valence-corrected chi connectivity index (χ4v) is 1.18. The molecule has 0 N–H and O–H groups in total. The summed E-state index contributed by atoms with van der Waals surface area (Å²) in [5.74, 6) is 0.772. The number of nitrogens with zero attached hydrogens (tertiary/aromatic N) is 2. The summed E-state index contributed by atoms with van der Waals surface area (Å²) >= 11 is 0. The quantitative estimate of drug-likeness (QED) is 0.547. The van der Waals surface area contributed by atoms with Gasteiger partial charge in [-0.05, 0) is 18.6 Å². The molecule has 0 fully saturated rings. The largest absolute Gasteiger partial charge is 0.411 e. The van der Waals surface area contributed by atoms with E-state index in [1.165, 1.54) is 0 Å². The van der Waals surface area contributed by atoms with Crippen molar-refractivity contribution in [1.29, 1.82) is 0 Å². The Morgan fingerprint density at radius 1 is 1.67 bits per heavy atom. The standard InChI is InChI=1S/C12H18N2O/c1-5-10(2)15-14(4)11(3)12-7-6-8-13-9-12/h6-9,11H,2,5H2,1,3-4H3. The van der Waals surface area contributed by atoms with Gasteiger partial charge in [-0.1, -0.05) is 19.6 Å². The lowest BCUT2D eigenvalue weighted by Gasteiger charge is -2.25. The molecule has 0 aliphatic heterocycles. The Bertz CT molecular complexity index is 311. The molecular formula is C12H18N2O. The van der Waals surface area contributed by atoms with Gasteiger partial charge < -0.3 is 4.84 Å². The van der Waals surface area contributed by atoms with Crippen molar-refractivity contribution in [2.24, 2.45) is 0 Å². The van der Waals surface area contributed by atoms with Gasteiger partial charge in [-0.2, -0.15) is 0 Å². The molecule has 1 aromatic heterocycles. The van der Waals surface area contributed by atoms with Crippen molar-refractivity contribution in [3.8, 4) is 0 Å². The first-order valence-corrected chi connectivity index (χ1v) is 5.13. The van der Waals surface area contributed by atoms with Crippen molar-refractivity contribution in [2.45, 2.75) is 26.3 Å². The molecule has 3 nitrogen and oxygen atoms in total. The molecule has 1 atom stereocenters. The third kappa shape index (κ3) is 3.36. The highest BCUT2D eigenvalue weighted by Crippen LogP contribution is 2.19. The van der Waals surface area contributed by atoms with E-state index in [9.17, 15) is 0 Å². The maximum absolute atomic E-state index is 5.53. The van der Waals surface area contributed by atoms with Crippen LogP contribution >= 0.6 is 0 Å². The molecule has 0 bridgehead atoms. The summed E-state index contributed by atoms with van der Waals surface area (Å²) in [6, 6.07) is 4.13. The fourth-order valence-electron chi connectivity index (χ4n) is 1.18. The van der Waals surface area contributed by atoms with E-state index in [1.807, 2.05) is 32.3 Å². The van der Waals surface area contributed by atoms with Crippen LogP contribution in [0.3, 0.4) is 0 Å². The third-order valence-electron chi connectivity index (χ3n) is 2.38. The van der Waals surface area contributed by atoms with Crippen molar-refractivity contribution in [1.82, 2.24) is 10.0 Å². The summed E-state index contributed by atoms with van der Waals surface area (Å²) in [4.78, 5) is 9.61. The zero-order valence-electron chi connectivity index (χ0n) is 9.60. The number of allylic oxidation sites excluding steroid dienone is 1. The van der Waals surface area contributed by atoms with Crippen LogP contribution < -0.4 is 0 Å². The topological polar surface area (TPSA) is 25.4 Å². The van der Waals surface area contributed by atoms with Crippen LogP contribution in [0.25, 0.3) is 0 Å². The van der Waals surface area contributed by atoms with Crippen LogP contribution in [0.4, 0.5) is 0 Å². The molecule has 1 heterocycles. The Morgan fingerprint density at radius 2 is 2.40 bits per heavy atom. The second kappa shape index (κ2) is 5.51. The van der Waals surface area contributed by atoms with Crippen LogP contribution in [0.15, 0.2) is 36.9 Å². The number of hydrogen-bond acceptors (Lipinski definition) is 3. The van der Waals surface area contributed by atoms with Crippen molar-refractivity contribution in [3.05, 3.63) is 42.4 Å².